The van der Waals surface area contributed by atoms with E-state index in [4.69, 9.17) is 0 Å². The lowest BCUT2D eigenvalue weighted by Crippen LogP contribution is -2.55. The standard InChI is InChI=1S/C10H21N/c1-5-8-7(3)10(11-4)9(8)6-2/h7-11H,5-6H2,1-4H3. The van der Waals surface area contributed by atoms with Gasteiger partial charge in [-0.25, -0.2) is 0 Å². The smallest absolute Gasteiger partial charge is 0.0123 e. The molecule has 0 bridgehead atoms. The summed E-state index contributed by atoms with van der Waals surface area (Å²) in [6, 6.07) is 0.796. The first-order valence-corrected chi connectivity index (χ1v) is 4.93. The molecule has 11 heavy (non-hydrogen) atoms. The maximum absolute atomic E-state index is 3.42. The van der Waals surface area contributed by atoms with E-state index in [1.54, 1.807) is 0 Å². The summed E-state index contributed by atoms with van der Waals surface area (Å²) < 4.78 is 0. The second-order valence-corrected chi connectivity index (χ2v) is 3.82. The molecule has 0 aromatic heterocycles. The number of hydrogen-bond donors (Lipinski definition) is 1. The van der Waals surface area contributed by atoms with Gasteiger partial charge in [0.2, 0.25) is 0 Å². The van der Waals surface area contributed by atoms with E-state index in [1.165, 1.54) is 12.8 Å². The summed E-state index contributed by atoms with van der Waals surface area (Å²) in [5.74, 6) is 2.83. The van der Waals surface area contributed by atoms with Gasteiger partial charge in [-0.1, -0.05) is 33.6 Å². The Labute approximate surface area is 70.6 Å². The van der Waals surface area contributed by atoms with E-state index in [1.807, 2.05) is 0 Å². The minimum atomic E-state index is 0.796. The Morgan fingerprint density at radius 3 is 2.00 bits per heavy atom. The van der Waals surface area contributed by atoms with Gasteiger partial charge in [0.05, 0.1) is 0 Å². The SMILES string of the molecule is CCC1C(C)C(NC)C1CC. The van der Waals surface area contributed by atoms with Gasteiger partial charge in [0.1, 0.15) is 0 Å². The molecule has 0 aliphatic heterocycles. The van der Waals surface area contributed by atoms with E-state index in [9.17, 15) is 0 Å². The molecule has 0 saturated heterocycles. The summed E-state index contributed by atoms with van der Waals surface area (Å²) in [4.78, 5) is 0. The van der Waals surface area contributed by atoms with Crippen molar-refractivity contribution in [3.63, 3.8) is 0 Å². The van der Waals surface area contributed by atoms with Crippen LogP contribution < -0.4 is 5.32 Å². The third-order valence-corrected chi connectivity index (χ3v) is 3.53. The molecule has 1 N–H and O–H groups in total. The summed E-state index contributed by atoms with van der Waals surface area (Å²) in [5, 5.41) is 3.42. The van der Waals surface area contributed by atoms with Crippen LogP contribution in [0, 0.1) is 17.8 Å². The Hall–Kier alpha value is -0.0400. The fourth-order valence-electron chi connectivity index (χ4n) is 2.88. The van der Waals surface area contributed by atoms with Gasteiger partial charge in [-0.3, -0.25) is 0 Å². The molecule has 4 atom stereocenters. The van der Waals surface area contributed by atoms with E-state index in [0.29, 0.717) is 0 Å². The highest BCUT2D eigenvalue weighted by Crippen LogP contribution is 2.43. The minimum Gasteiger partial charge on any atom is -0.316 e. The molecule has 66 valence electrons. The van der Waals surface area contributed by atoms with Gasteiger partial charge in [0.15, 0.2) is 0 Å². The van der Waals surface area contributed by atoms with Gasteiger partial charge in [0, 0.05) is 6.04 Å². The zero-order valence-corrected chi connectivity index (χ0v) is 8.22. The highest BCUT2D eigenvalue weighted by Gasteiger charge is 2.44. The summed E-state index contributed by atoms with van der Waals surface area (Å²) in [7, 11) is 2.09. The Bertz CT molecular complexity index is 110. The molecule has 1 aliphatic rings. The average molecular weight is 155 g/mol. The Morgan fingerprint density at radius 2 is 1.64 bits per heavy atom. The van der Waals surface area contributed by atoms with Gasteiger partial charge >= 0.3 is 0 Å². The Kier molecular flexibility index (Phi) is 2.94. The van der Waals surface area contributed by atoms with Crippen LogP contribution in [0.2, 0.25) is 0 Å². The van der Waals surface area contributed by atoms with E-state index < -0.39 is 0 Å². The van der Waals surface area contributed by atoms with Crippen molar-refractivity contribution >= 4 is 0 Å². The van der Waals surface area contributed by atoms with E-state index >= 15 is 0 Å². The lowest BCUT2D eigenvalue weighted by Gasteiger charge is -2.50. The van der Waals surface area contributed by atoms with Gasteiger partial charge in [-0.2, -0.15) is 0 Å². The molecule has 0 amide bonds. The number of rotatable bonds is 3. The van der Waals surface area contributed by atoms with Crippen LogP contribution in [0.5, 0.6) is 0 Å². The van der Waals surface area contributed by atoms with Gasteiger partial charge < -0.3 is 5.32 Å². The maximum atomic E-state index is 3.42. The summed E-state index contributed by atoms with van der Waals surface area (Å²) >= 11 is 0. The van der Waals surface area contributed by atoms with Gasteiger partial charge in [-0.15, -0.1) is 0 Å². The largest absolute Gasteiger partial charge is 0.316 e. The van der Waals surface area contributed by atoms with Crippen LogP contribution in [-0.4, -0.2) is 13.1 Å². The lowest BCUT2D eigenvalue weighted by molar-refractivity contribution is 0.0238. The van der Waals surface area contributed by atoms with Crippen molar-refractivity contribution in [2.24, 2.45) is 17.8 Å². The second kappa shape index (κ2) is 3.57. The molecule has 1 saturated carbocycles. The van der Waals surface area contributed by atoms with Crippen molar-refractivity contribution in [3.8, 4) is 0 Å². The first-order valence-electron chi connectivity index (χ1n) is 4.93. The van der Waals surface area contributed by atoms with Crippen LogP contribution in [0.4, 0.5) is 0 Å². The van der Waals surface area contributed by atoms with E-state index in [-0.39, 0.29) is 0 Å². The molecule has 1 nitrogen and oxygen atoms in total. The monoisotopic (exact) mass is 155 g/mol. The minimum absolute atomic E-state index is 0.796. The molecule has 0 radical (unpaired) electrons. The molecular weight excluding hydrogens is 134 g/mol. The zero-order valence-electron chi connectivity index (χ0n) is 8.22. The molecule has 1 aliphatic carbocycles. The van der Waals surface area contributed by atoms with Crippen molar-refractivity contribution in [1.29, 1.82) is 0 Å². The number of hydrogen-bond acceptors (Lipinski definition) is 1. The van der Waals surface area contributed by atoms with Crippen molar-refractivity contribution in [2.45, 2.75) is 39.7 Å². The average Bonchev–Trinajstić information content (AvgIpc) is 2.01. The highest BCUT2D eigenvalue weighted by molar-refractivity contribution is 4.97. The molecule has 1 heteroatoms. The molecule has 1 rings (SSSR count). The normalized spacial score (nSPS) is 43.6. The maximum Gasteiger partial charge on any atom is 0.0123 e. The first kappa shape index (κ1) is 9.05. The molecular formula is C10H21N. The van der Waals surface area contributed by atoms with Crippen LogP contribution >= 0.6 is 0 Å². The third kappa shape index (κ3) is 1.31. The molecule has 1 fully saturated rings. The molecule has 0 aromatic rings. The fraction of sp³-hybridized carbons (Fsp3) is 1.00. The van der Waals surface area contributed by atoms with Crippen LogP contribution in [0.3, 0.4) is 0 Å². The van der Waals surface area contributed by atoms with E-state index in [2.05, 4.69) is 33.1 Å². The first-order chi connectivity index (χ1) is 5.26. The fourth-order valence-corrected chi connectivity index (χ4v) is 2.88. The van der Waals surface area contributed by atoms with Gasteiger partial charge in [0.25, 0.3) is 0 Å². The lowest BCUT2D eigenvalue weighted by atomic mass is 9.59. The van der Waals surface area contributed by atoms with Crippen molar-refractivity contribution in [1.82, 2.24) is 5.32 Å². The highest BCUT2D eigenvalue weighted by atomic mass is 14.9. The predicted octanol–water partition coefficient (Wildman–Crippen LogP) is 2.28. The summed E-state index contributed by atoms with van der Waals surface area (Å²) in [5.41, 5.74) is 0. The van der Waals surface area contributed by atoms with Crippen molar-refractivity contribution < 1.29 is 0 Å². The van der Waals surface area contributed by atoms with Gasteiger partial charge in [-0.05, 0) is 24.8 Å². The van der Waals surface area contributed by atoms with Crippen molar-refractivity contribution in [3.05, 3.63) is 0 Å². The second-order valence-electron chi connectivity index (χ2n) is 3.82. The van der Waals surface area contributed by atoms with Crippen molar-refractivity contribution in [2.75, 3.05) is 7.05 Å². The van der Waals surface area contributed by atoms with Crippen LogP contribution in [0.15, 0.2) is 0 Å². The number of nitrogens with one attached hydrogen (secondary N) is 1. The quantitative estimate of drug-likeness (QED) is 0.659. The summed E-state index contributed by atoms with van der Waals surface area (Å²) in [6.07, 6.45) is 2.70. The molecule has 0 aromatic carbocycles. The third-order valence-electron chi connectivity index (χ3n) is 3.53. The molecule has 0 heterocycles. The van der Waals surface area contributed by atoms with Crippen LogP contribution in [-0.2, 0) is 0 Å². The molecule has 0 spiro atoms. The van der Waals surface area contributed by atoms with Crippen LogP contribution in [0.1, 0.15) is 33.6 Å². The molecule has 4 unspecified atom stereocenters. The summed E-state index contributed by atoms with van der Waals surface area (Å²) in [6.45, 7) is 7.00. The van der Waals surface area contributed by atoms with E-state index in [0.717, 1.165) is 23.8 Å². The predicted molar refractivity (Wildman–Crippen MR) is 49.6 cm³/mol. The zero-order chi connectivity index (χ0) is 8.43. The van der Waals surface area contributed by atoms with Crippen LogP contribution in [0.25, 0.3) is 0 Å². The Morgan fingerprint density at radius 1 is 1.09 bits per heavy atom. The Balaban J connectivity index is 2.47. The topological polar surface area (TPSA) is 12.0 Å².